The molecule has 31 heavy (non-hydrogen) atoms. The average Bonchev–Trinajstić information content (AvgIpc) is 2.75. The van der Waals surface area contributed by atoms with Crippen LogP contribution in [0.4, 0.5) is 17.1 Å². The lowest BCUT2D eigenvalue weighted by Gasteiger charge is -2.15. The van der Waals surface area contributed by atoms with E-state index >= 15 is 0 Å². The highest BCUT2D eigenvalue weighted by Gasteiger charge is 2.12. The Morgan fingerprint density at radius 2 is 1.55 bits per heavy atom. The Balaban J connectivity index is 1.63. The van der Waals surface area contributed by atoms with Crippen molar-refractivity contribution < 1.29 is 19.4 Å². The first-order valence-electron chi connectivity index (χ1n) is 9.09. The van der Waals surface area contributed by atoms with Gasteiger partial charge in [-0.15, -0.1) is 0 Å². The molecule has 0 radical (unpaired) electrons. The van der Waals surface area contributed by atoms with E-state index in [1.54, 1.807) is 48.5 Å². The van der Waals surface area contributed by atoms with E-state index in [1.165, 1.54) is 26.4 Å². The molecule has 3 aromatic carbocycles. The van der Waals surface area contributed by atoms with Gasteiger partial charge in [0.2, 0.25) is 0 Å². The number of hydrogen-bond donors (Lipinski definition) is 4. The number of amides is 1. The van der Waals surface area contributed by atoms with Gasteiger partial charge < -0.3 is 30.5 Å². The number of ether oxygens (including phenoxy) is 2. The van der Waals surface area contributed by atoms with Crippen LogP contribution in [-0.2, 0) is 0 Å². The van der Waals surface area contributed by atoms with Crippen LogP contribution in [0.3, 0.4) is 0 Å². The summed E-state index contributed by atoms with van der Waals surface area (Å²) in [5.74, 6) is 0.724. The zero-order chi connectivity index (χ0) is 22.4. The number of hydrogen-bond acceptors (Lipinski definition) is 5. The maximum absolute atomic E-state index is 12.3. The van der Waals surface area contributed by atoms with E-state index in [9.17, 15) is 9.90 Å². The van der Waals surface area contributed by atoms with Crippen molar-refractivity contribution in [2.45, 2.75) is 0 Å². The molecule has 0 aromatic heterocycles. The van der Waals surface area contributed by atoms with Gasteiger partial charge in [-0.05, 0) is 60.7 Å². The molecule has 0 saturated carbocycles. The second-order valence-corrected chi connectivity index (χ2v) is 7.16. The second-order valence-electron chi connectivity index (χ2n) is 6.35. The van der Waals surface area contributed by atoms with Gasteiger partial charge in [-0.25, -0.2) is 0 Å². The summed E-state index contributed by atoms with van der Waals surface area (Å²) >= 11 is 11.5. The maximum atomic E-state index is 12.3. The molecule has 0 heterocycles. The number of halogens is 1. The molecular formula is C22H20ClN3O4S. The van der Waals surface area contributed by atoms with E-state index < -0.39 is 0 Å². The predicted octanol–water partition coefficient (Wildman–Crippen LogP) is 5.12. The summed E-state index contributed by atoms with van der Waals surface area (Å²) in [5.41, 5.74) is 2.26. The van der Waals surface area contributed by atoms with Crippen LogP contribution < -0.4 is 25.4 Å². The number of carbonyl (C=O) groups excluding carboxylic acids is 1. The van der Waals surface area contributed by atoms with Crippen LogP contribution in [0.2, 0.25) is 5.02 Å². The number of carbonyl (C=O) groups is 1. The van der Waals surface area contributed by atoms with Gasteiger partial charge in [-0.2, -0.15) is 0 Å². The van der Waals surface area contributed by atoms with Crippen LogP contribution in [0.1, 0.15) is 10.4 Å². The fraction of sp³-hybridized carbons (Fsp3) is 0.0909. The predicted molar refractivity (Wildman–Crippen MR) is 127 cm³/mol. The summed E-state index contributed by atoms with van der Waals surface area (Å²) in [5, 5.41) is 19.1. The van der Waals surface area contributed by atoms with Crippen molar-refractivity contribution in [3.63, 3.8) is 0 Å². The first-order chi connectivity index (χ1) is 14.9. The molecule has 4 N–H and O–H groups in total. The third-order valence-electron chi connectivity index (χ3n) is 4.23. The molecule has 0 saturated heterocycles. The van der Waals surface area contributed by atoms with Crippen molar-refractivity contribution in [1.29, 1.82) is 0 Å². The summed E-state index contributed by atoms with van der Waals surface area (Å²) in [6.07, 6.45) is 0. The van der Waals surface area contributed by atoms with Crippen molar-refractivity contribution in [1.82, 2.24) is 0 Å². The Bertz CT molecular complexity index is 1110. The topological polar surface area (TPSA) is 91.9 Å². The van der Waals surface area contributed by atoms with Crippen LogP contribution >= 0.6 is 23.8 Å². The van der Waals surface area contributed by atoms with Crippen molar-refractivity contribution in [2.75, 3.05) is 30.2 Å². The molecule has 3 rings (SSSR count). The molecule has 0 spiro atoms. The fourth-order valence-electron chi connectivity index (χ4n) is 2.73. The average molecular weight is 458 g/mol. The highest BCUT2D eigenvalue weighted by Crippen LogP contribution is 2.36. The third kappa shape index (κ3) is 5.78. The van der Waals surface area contributed by atoms with Crippen LogP contribution in [0, 0.1) is 0 Å². The lowest BCUT2D eigenvalue weighted by Crippen LogP contribution is -2.19. The molecule has 3 aromatic rings. The van der Waals surface area contributed by atoms with Gasteiger partial charge in [0.25, 0.3) is 5.91 Å². The maximum Gasteiger partial charge on any atom is 0.255 e. The van der Waals surface area contributed by atoms with Crippen molar-refractivity contribution in [3.8, 4) is 17.2 Å². The van der Waals surface area contributed by atoms with E-state index in [4.69, 9.17) is 33.3 Å². The zero-order valence-corrected chi connectivity index (χ0v) is 18.3. The quantitative estimate of drug-likeness (QED) is 0.381. The first kappa shape index (κ1) is 22.2. The number of aromatic hydroxyl groups is 1. The summed E-state index contributed by atoms with van der Waals surface area (Å²) in [7, 11) is 3.06. The monoisotopic (exact) mass is 457 g/mol. The van der Waals surface area contributed by atoms with Gasteiger partial charge in [0.15, 0.2) is 5.11 Å². The standard InChI is InChI=1S/C22H20ClN3O4S/c1-29-19-12-20(30-2)18(11-17(19)23)26-22(31)25-15-8-6-14(7-9-15)24-21(28)13-4-3-5-16(27)10-13/h3-12,27H,1-2H3,(H,24,28)(H2,25,26,31). The molecule has 0 aliphatic carbocycles. The molecule has 0 atom stereocenters. The summed E-state index contributed by atoms with van der Waals surface area (Å²) in [6, 6.07) is 16.5. The van der Waals surface area contributed by atoms with E-state index in [-0.39, 0.29) is 11.7 Å². The summed E-state index contributed by atoms with van der Waals surface area (Å²) < 4.78 is 10.5. The number of anilines is 3. The van der Waals surface area contributed by atoms with Crippen LogP contribution in [0.15, 0.2) is 60.7 Å². The Morgan fingerprint density at radius 3 is 2.16 bits per heavy atom. The Morgan fingerprint density at radius 1 is 0.903 bits per heavy atom. The number of phenols is 1. The van der Waals surface area contributed by atoms with Gasteiger partial charge in [0.1, 0.15) is 17.2 Å². The van der Waals surface area contributed by atoms with Crippen molar-refractivity contribution in [2.24, 2.45) is 0 Å². The highest BCUT2D eigenvalue weighted by atomic mass is 35.5. The van der Waals surface area contributed by atoms with Crippen molar-refractivity contribution >= 4 is 51.9 Å². The second kappa shape index (κ2) is 10.0. The Labute approximate surface area is 189 Å². The number of benzene rings is 3. The van der Waals surface area contributed by atoms with Gasteiger partial charge in [0.05, 0.1) is 24.9 Å². The van der Waals surface area contributed by atoms with E-state index in [0.29, 0.717) is 44.3 Å². The van der Waals surface area contributed by atoms with Gasteiger partial charge in [-0.1, -0.05) is 17.7 Å². The molecule has 7 nitrogen and oxygen atoms in total. The van der Waals surface area contributed by atoms with Crippen molar-refractivity contribution in [3.05, 3.63) is 71.2 Å². The first-order valence-corrected chi connectivity index (χ1v) is 9.88. The molecular weight excluding hydrogens is 438 g/mol. The number of rotatable bonds is 6. The number of methoxy groups -OCH3 is 2. The number of nitrogens with one attached hydrogen (secondary N) is 3. The van der Waals surface area contributed by atoms with Crippen LogP contribution in [0.25, 0.3) is 0 Å². The lowest BCUT2D eigenvalue weighted by atomic mass is 10.2. The highest BCUT2D eigenvalue weighted by molar-refractivity contribution is 7.80. The molecule has 0 aliphatic heterocycles. The Kier molecular flexibility index (Phi) is 7.17. The molecule has 0 unspecified atom stereocenters. The molecule has 0 aliphatic rings. The normalized spacial score (nSPS) is 10.2. The van der Waals surface area contributed by atoms with E-state index in [1.807, 2.05) is 0 Å². The fourth-order valence-corrected chi connectivity index (χ4v) is 3.20. The molecule has 160 valence electrons. The Hall–Kier alpha value is -3.49. The lowest BCUT2D eigenvalue weighted by molar-refractivity contribution is 0.102. The molecule has 9 heteroatoms. The summed E-state index contributed by atoms with van der Waals surface area (Å²) in [6.45, 7) is 0. The molecule has 0 fully saturated rings. The van der Waals surface area contributed by atoms with E-state index in [0.717, 1.165) is 0 Å². The number of phenolic OH excluding ortho intramolecular Hbond substituents is 1. The van der Waals surface area contributed by atoms with Crippen LogP contribution in [0.5, 0.6) is 17.2 Å². The smallest absolute Gasteiger partial charge is 0.255 e. The van der Waals surface area contributed by atoms with Crippen LogP contribution in [-0.4, -0.2) is 30.3 Å². The third-order valence-corrected chi connectivity index (χ3v) is 4.73. The largest absolute Gasteiger partial charge is 0.508 e. The van der Waals surface area contributed by atoms with Gasteiger partial charge >= 0.3 is 0 Å². The van der Waals surface area contributed by atoms with E-state index in [2.05, 4.69) is 16.0 Å². The minimum Gasteiger partial charge on any atom is -0.508 e. The SMILES string of the molecule is COc1cc(OC)c(NC(=S)Nc2ccc(NC(=O)c3cccc(O)c3)cc2)cc1Cl. The van der Waals surface area contributed by atoms with Gasteiger partial charge in [0, 0.05) is 23.0 Å². The summed E-state index contributed by atoms with van der Waals surface area (Å²) in [4.78, 5) is 12.3. The molecule has 1 amide bonds. The molecule has 0 bridgehead atoms. The van der Waals surface area contributed by atoms with Gasteiger partial charge in [-0.3, -0.25) is 4.79 Å². The minimum absolute atomic E-state index is 0.0305. The minimum atomic E-state index is -0.322. The zero-order valence-electron chi connectivity index (χ0n) is 16.7. The number of thiocarbonyl (C=S) groups is 1.